The van der Waals surface area contributed by atoms with E-state index in [-0.39, 0.29) is 0 Å². The van der Waals surface area contributed by atoms with Crippen LogP contribution in [0.25, 0.3) is 0 Å². The monoisotopic (exact) mass is 266 g/mol. The van der Waals surface area contributed by atoms with E-state index in [9.17, 15) is 9.90 Å². The van der Waals surface area contributed by atoms with E-state index in [0.29, 0.717) is 17.9 Å². The molecular weight excluding hydrogens is 244 g/mol. The van der Waals surface area contributed by atoms with Crippen LogP contribution in [0, 0.1) is 19.3 Å². The molecule has 0 radical (unpaired) electrons. The highest BCUT2D eigenvalue weighted by molar-refractivity contribution is 5.74. The van der Waals surface area contributed by atoms with Crippen molar-refractivity contribution in [2.24, 2.45) is 5.41 Å². The average molecular weight is 266 g/mol. The van der Waals surface area contributed by atoms with E-state index >= 15 is 0 Å². The quantitative estimate of drug-likeness (QED) is 0.890. The minimum absolute atomic E-state index is 0.397. The number of rotatable bonds is 5. The van der Waals surface area contributed by atoms with E-state index in [4.69, 9.17) is 9.47 Å². The van der Waals surface area contributed by atoms with Gasteiger partial charge in [0.15, 0.2) is 11.5 Å². The van der Waals surface area contributed by atoms with Crippen LogP contribution < -0.4 is 9.47 Å². The molecule has 0 atom stereocenters. The van der Waals surface area contributed by atoms with Gasteiger partial charge in [0.05, 0.1) is 19.6 Å². The summed E-state index contributed by atoms with van der Waals surface area (Å²) in [5, 5.41) is 9.27. The van der Waals surface area contributed by atoms with E-state index in [1.54, 1.807) is 28.1 Å². The highest BCUT2D eigenvalue weighted by Crippen LogP contribution is 2.39. The lowest BCUT2D eigenvalue weighted by Gasteiger charge is -2.24. The predicted molar refractivity (Wildman–Crippen MR) is 74.1 cm³/mol. The van der Waals surface area contributed by atoms with Crippen molar-refractivity contribution in [2.45, 2.75) is 34.1 Å². The minimum Gasteiger partial charge on any atom is -0.493 e. The average Bonchev–Trinajstić information content (AvgIpc) is 2.31. The van der Waals surface area contributed by atoms with E-state index in [0.717, 1.165) is 16.7 Å². The summed E-state index contributed by atoms with van der Waals surface area (Å²) in [6.07, 6.45) is 0.397. The van der Waals surface area contributed by atoms with E-state index in [1.807, 2.05) is 19.9 Å². The Kier molecular flexibility index (Phi) is 4.45. The Hall–Kier alpha value is -1.71. The fourth-order valence-electron chi connectivity index (χ4n) is 2.18. The largest absolute Gasteiger partial charge is 0.493 e. The van der Waals surface area contributed by atoms with Crippen LogP contribution in [-0.2, 0) is 11.2 Å². The maximum Gasteiger partial charge on any atom is 0.309 e. The highest BCUT2D eigenvalue weighted by atomic mass is 16.5. The van der Waals surface area contributed by atoms with Gasteiger partial charge in [-0.25, -0.2) is 0 Å². The van der Waals surface area contributed by atoms with Crippen molar-refractivity contribution >= 4 is 5.97 Å². The fourth-order valence-corrected chi connectivity index (χ4v) is 2.18. The van der Waals surface area contributed by atoms with E-state index in [2.05, 4.69) is 0 Å². The van der Waals surface area contributed by atoms with Gasteiger partial charge in [0, 0.05) is 5.56 Å². The SMILES string of the molecule is COc1c(C)cc(C)c(CC(C)(C)C(=O)O)c1OC. The lowest BCUT2D eigenvalue weighted by molar-refractivity contribution is -0.146. The number of ether oxygens (including phenoxy) is 2. The van der Waals surface area contributed by atoms with Gasteiger partial charge in [-0.1, -0.05) is 6.07 Å². The molecule has 0 saturated heterocycles. The Labute approximate surface area is 114 Å². The van der Waals surface area contributed by atoms with Gasteiger partial charge in [0.1, 0.15) is 0 Å². The molecule has 1 N–H and O–H groups in total. The molecule has 0 aliphatic heterocycles. The summed E-state index contributed by atoms with van der Waals surface area (Å²) in [4.78, 5) is 11.3. The second-order valence-electron chi connectivity index (χ2n) is 5.42. The lowest BCUT2D eigenvalue weighted by Crippen LogP contribution is -2.27. The van der Waals surface area contributed by atoms with Crippen molar-refractivity contribution in [1.82, 2.24) is 0 Å². The van der Waals surface area contributed by atoms with Crippen LogP contribution in [0.2, 0.25) is 0 Å². The van der Waals surface area contributed by atoms with Crippen molar-refractivity contribution < 1.29 is 19.4 Å². The van der Waals surface area contributed by atoms with Crippen LogP contribution in [0.5, 0.6) is 11.5 Å². The third kappa shape index (κ3) is 3.00. The second-order valence-corrected chi connectivity index (χ2v) is 5.42. The maximum absolute atomic E-state index is 11.3. The minimum atomic E-state index is -0.849. The van der Waals surface area contributed by atoms with Gasteiger partial charge >= 0.3 is 5.97 Å². The third-order valence-corrected chi connectivity index (χ3v) is 3.35. The first-order valence-electron chi connectivity index (χ1n) is 6.19. The second kappa shape index (κ2) is 5.51. The first-order valence-corrected chi connectivity index (χ1v) is 6.19. The molecule has 19 heavy (non-hydrogen) atoms. The van der Waals surface area contributed by atoms with Crippen molar-refractivity contribution in [3.63, 3.8) is 0 Å². The Morgan fingerprint density at radius 1 is 1.16 bits per heavy atom. The van der Waals surface area contributed by atoms with Crippen molar-refractivity contribution in [1.29, 1.82) is 0 Å². The molecule has 0 aliphatic carbocycles. The number of hydrogen-bond acceptors (Lipinski definition) is 3. The molecule has 0 bridgehead atoms. The molecular formula is C15H22O4. The smallest absolute Gasteiger partial charge is 0.309 e. The summed E-state index contributed by atoms with van der Waals surface area (Å²) in [6.45, 7) is 7.32. The van der Waals surface area contributed by atoms with E-state index in [1.165, 1.54) is 0 Å². The zero-order valence-corrected chi connectivity index (χ0v) is 12.5. The molecule has 1 rings (SSSR count). The number of hydrogen-bond donors (Lipinski definition) is 1. The molecule has 0 unspecified atom stereocenters. The Morgan fingerprint density at radius 3 is 2.11 bits per heavy atom. The third-order valence-electron chi connectivity index (χ3n) is 3.35. The number of benzene rings is 1. The van der Waals surface area contributed by atoms with Gasteiger partial charge in [-0.05, 0) is 45.2 Å². The van der Waals surface area contributed by atoms with Crippen LogP contribution in [0.3, 0.4) is 0 Å². The van der Waals surface area contributed by atoms with Gasteiger partial charge in [-0.15, -0.1) is 0 Å². The molecule has 4 heteroatoms. The summed E-state index contributed by atoms with van der Waals surface area (Å²) < 4.78 is 10.8. The number of carboxylic acids is 1. The standard InChI is InChI=1S/C15H22O4/c1-9-7-10(2)12(18-5)13(19-6)11(9)8-15(3,4)14(16)17/h7H,8H2,1-6H3,(H,16,17). The Bertz CT molecular complexity index is 489. The number of aliphatic carboxylic acids is 1. The molecule has 0 spiro atoms. The molecule has 0 fully saturated rings. The number of methoxy groups -OCH3 is 2. The summed E-state index contributed by atoms with van der Waals surface area (Å²) in [7, 11) is 3.17. The normalized spacial score (nSPS) is 11.3. The summed E-state index contributed by atoms with van der Waals surface area (Å²) in [6, 6.07) is 1.99. The van der Waals surface area contributed by atoms with Crippen LogP contribution >= 0.6 is 0 Å². The van der Waals surface area contributed by atoms with Gasteiger partial charge in [0.2, 0.25) is 0 Å². The van der Waals surface area contributed by atoms with Gasteiger partial charge in [-0.3, -0.25) is 4.79 Å². The van der Waals surface area contributed by atoms with Crippen molar-refractivity contribution in [2.75, 3.05) is 14.2 Å². The fraction of sp³-hybridized carbons (Fsp3) is 0.533. The number of carboxylic acid groups (broad SMARTS) is 1. The predicted octanol–water partition coefficient (Wildman–Crippen LogP) is 2.97. The van der Waals surface area contributed by atoms with Gasteiger partial charge < -0.3 is 14.6 Å². The van der Waals surface area contributed by atoms with Crippen LogP contribution in [0.15, 0.2) is 6.07 Å². The zero-order valence-electron chi connectivity index (χ0n) is 12.5. The summed E-state index contributed by atoms with van der Waals surface area (Å²) in [5.41, 5.74) is 2.04. The van der Waals surface area contributed by atoms with Crippen molar-refractivity contribution in [3.05, 3.63) is 22.8 Å². The Morgan fingerprint density at radius 2 is 1.68 bits per heavy atom. The highest BCUT2D eigenvalue weighted by Gasteiger charge is 2.30. The molecule has 1 aromatic carbocycles. The van der Waals surface area contributed by atoms with Crippen LogP contribution in [0.1, 0.15) is 30.5 Å². The first kappa shape index (κ1) is 15.3. The topological polar surface area (TPSA) is 55.8 Å². The Balaban J connectivity index is 3.38. The zero-order chi connectivity index (χ0) is 14.8. The molecule has 0 saturated carbocycles. The molecule has 0 heterocycles. The van der Waals surface area contributed by atoms with E-state index < -0.39 is 11.4 Å². The molecule has 1 aromatic rings. The molecule has 0 aliphatic rings. The number of carbonyl (C=O) groups is 1. The van der Waals surface area contributed by atoms with Crippen LogP contribution in [-0.4, -0.2) is 25.3 Å². The van der Waals surface area contributed by atoms with Gasteiger partial charge in [-0.2, -0.15) is 0 Å². The summed E-state index contributed by atoms with van der Waals surface area (Å²) in [5.74, 6) is 0.479. The van der Waals surface area contributed by atoms with Crippen molar-refractivity contribution in [3.8, 4) is 11.5 Å². The maximum atomic E-state index is 11.3. The lowest BCUT2D eigenvalue weighted by atomic mass is 9.83. The summed E-state index contributed by atoms with van der Waals surface area (Å²) >= 11 is 0. The first-order chi connectivity index (χ1) is 8.74. The molecule has 0 aromatic heterocycles. The molecule has 0 amide bonds. The molecule has 4 nitrogen and oxygen atoms in total. The van der Waals surface area contributed by atoms with Gasteiger partial charge in [0.25, 0.3) is 0 Å². The van der Waals surface area contributed by atoms with Crippen LogP contribution in [0.4, 0.5) is 0 Å². The molecule has 106 valence electrons. The number of aryl methyl sites for hydroxylation is 2.